The summed E-state index contributed by atoms with van der Waals surface area (Å²) < 4.78 is 26.9. The van der Waals surface area contributed by atoms with E-state index in [-0.39, 0.29) is 16.2 Å². The number of nitrogens with one attached hydrogen (secondary N) is 1. The molecule has 0 aromatic heterocycles. The maximum Gasteiger partial charge on any atom is 0.264 e. The van der Waals surface area contributed by atoms with E-state index >= 15 is 0 Å². The molecule has 27 heavy (non-hydrogen) atoms. The number of carbonyl (C=O) groups excluding carboxylic acids is 1. The molecule has 2 N–H and O–H groups in total. The third kappa shape index (κ3) is 3.93. The monoisotopic (exact) mass is 382 g/mol. The molecule has 0 radical (unpaired) electrons. The number of carbonyl (C=O) groups is 1. The number of hydrogen-bond donors (Lipinski definition) is 2. The van der Waals surface area contributed by atoms with Gasteiger partial charge in [-0.2, -0.15) is 0 Å². The lowest BCUT2D eigenvalue weighted by molar-refractivity contribution is 0.102. The first-order valence-corrected chi connectivity index (χ1v) is 9.57. The third-order valence-corrected chi connectivity index (χ3v) is 5.80. The Morgan fingerprint density at radius 2 is 1.59 bits per heavy atom. The lowest BCUT2D eigenvalue weighted by Gasteiger charge is -2.20. The number of benzene rings is 3. The van der Waals surface area contributed by atoms with Crippen LogP contribution in [0.1, 0.15) is 10.4 Å². The van der Waals surface area contributed by atoms with Gasteiger partial charge >= 0.3 is 0 Å². The number of amides is 1. The molecule has 0 unspecified atom stereocenters. The highest BCUT2D eigenvalue weighted by atomic mass is 32.2. The van der Waals surface area contributed by atoms with Crippen LogP contribution < -0.4 is 9.62 Å². The van der Waals surface area contributed by atoms with E-state index in [1.807, 2.05) is 0 Å². The van der Waals surface area contributed by atoms with Crippen LogP contribution in [0.2, 0.25) is 0 Å². The minimum atomic E-state index is -3.79. The zero-order valence-corrected chi connectivity index (χ0v) is 15.3. The first kappa shape index (κ1) is 18.5. The van der Waals surface area contributed by atoms with Crippen molar-refractivity contribution in [2.75, 3.05) is 16.7 Å². The molecule has 6 nitrogen and oxygen atoms in total. The Bertz CT molecular complexity index is 1070. The number of anilines is 2. The van der Waals surface area contributed by atoms with Gasteiger partial charge in [-0.1, -0.05) is 36.4 Å². The molecule has 0 aliphatic carbocycles. The minimum Gasteiger partial charge on any atom is -0.507 e. The summed E-state index contributed by atoms with van der Waals surface area (Å²) in [5, 5.41) is 12.4. The van der Waals surface area contributed by atoms with Crippen LogP contribution in [0, 0.1) is 0 Å². The molecule has 0 aliphatic rings. The zero-order valence-electron chi connectivity index (χ0n) is 14.5. The van der Waals surface area contributed by atoms with E-state index in [0.717, 1.165) is 0 Å². The summed E-state index contributed by atoms with van der Waals surface area (Å²) >= 11 is 0. The second-order valence-electron chi connectivity index (χ2n) is 5.81. The van der Waals surface area contributed by atoms with Gasteiger partial charge in [-0.15, -0.1) is 0 Å². The maximum absolute atomic E-state index is 12.9. The number of phenols is 1. The molecule has 1 amide bonds. The lowest BCUT2D eigenvalue weighted by atomic mass is 10.2. The van der Waals surface area contributed by atoms with Gasteiger partial charge in [-0.05, 0) is 42.5 Å². The molecule has 3 aromatic carbocycles. The Kier molecular flexibility index (Phi) is 5.14. The van der Waals surface area contributed by atoms with Gasteiger partial charge in [0, 0.05) is 12.7 Å². The summed E-state index contributed by atoms with van der Waals surface area (Å²) in [5.41, 5.74) is 0.944. The normalized spacial score (nSPS) is 11.0. The van der Waals surface area contributed by atoms with Crippen LogP contribution in [0.4, 0.5) is 11.4 Å². The molecular formula is C20H18N2O4S. The van der Waals surface area contributed by atoms with Crippen LogP contribution in [-0.4, -0.2) is 26.5 Å². The molecule has 0 spiro atoms. The Labute approximate surface area is 157 Å². The van der Waals surface area contributed by atoms with Crippen LogP contribution in [0.5, 0.6) is 5.75 Å². The van der Waals surface area contributed by atoms with E-state index in [1.165, 1.54) is 35.6 Å². The van der Waals surface area contributed by atoms with Crippen molar-refractivity contribution in [3.63, 3.8) is 0 Å². The first-order chi connectivity index (χ1) is 12.9. The Morgan fingerprint density at radius 3 is 2.30 bits per heavy atom. The van der Waals surface area contributed by atoms with E-state index in [1.54, 1.807) is 54.6 Å². The topological polar surface area (TPSA) is 86.7 Å². The highest BCUT2D eigenvalue weighted by Crippen LogP contribution is 2.24. The largest absolute Gasteiger partial charge is 0.507 e. The van der Waals surface area contributed by atoms with Gasteiger partial charge in [-0.3, -0.25) is 9.10 Å². The second-order valence-corrected chi connectivity index (χ2v) is 7.78. The molecule has 0 saturated carbocycles. The van der Waals surface area contributed by atoms with Gasteiger partial charge in [0.2, 0.25) is 0 Å². The summed E-state index contributed by atoms with van der Waals surface area (Å²) in [7, 11) is -2.32. The predicted molar refractivity (Wildman–Crippen MR) is 105 cm³/mol. The molecule has 7 heteroatoms. The number of rotatable bonds is 5. The van der Waals surface area contributed by atoms with E-state index in [0.29, 0.717) is 11.4 Å². The van der Waals surface area contributed by atoms with Crippen LogP contribution in [0.3, 0.4) is 0 Å². The highest BCUT2D eigenvalue weighted by molar-refractivity contribution is 7.92. The van der Waals surface area contributed by atoms with Crippen molar-refractivity contribution in [2.24, 2.45) is 0 Å². The van der Waals surface area contributed by atoms with Crippen molar-refractivity contribution in [3.8, 4) is 5.75 Å². The van der Waals surface area contributed by atoms with E-state index in [2.05, 4.69) is 5.32 Å². The molecule has 0 bridgehead atoms. The summed E-state index contributed by atoms with van der Waals surface area (Å²) in [4.78, 5) is 12.4. The standard InChI is InChI=1S/C20H18N2O4S/c1-22(16-9-3-2-4-10-16)27(25,26)17-11-7-8-15(14-17)21-20(24)18-12-5-6-13-19(18)23/h2-14,23H,1H3,(H,21,24). The van der Waals surface area contributed by atoms with Gasteiger partial charge in [-0.25, -0.2) is 8.42 Å². The number of hydrogen-bond acceptors (Lipinski definition) is 4. The van der Waals surface area contributed by atoms with Crippen molar-refractivity contribution >= 4 is 27.3 Å². The van der Waals surface area contributed by atoms with Crippen molar-refractivity contribution in [1.82, 2.24) is 0 Å². The first-order valence-electron chi connectivity index (χ1n) is 8.13. The third-order valence-electron chi connectivity index (χ3n) is 4.02. The van der Waals surface area contributed by atoms with Gasteiger partial charge in [0.25, 0.3) is 15.9 Å². The fourth-order valence-corrected chi connectivity index (χ4v) is 3.78. The van der Waals surface area contributed by atoms with Crippen molar-refractivity contribution < 1.29 is 18.3 Å². The fraction of sp³-hybridized carbons (Fsp3) is 0.0500. The van der Waals surface area contributed by atoms with Crippen LogP contribution in [0.15, 0.2) is 83.8 Å². The lowest BCUT2D eigenvalue weighted by Crippen LogP contribution is -2.26. The number of para-hydroxylation sites is 2. The molecular weight excluding hydrogens is 364 g/mol. The molecule has 0 aliphatic heterocycles. The number of aromatic hydroxyl groups is 1. The SMILES string of the molecule is CN(c1ccccc1)S(=O)(=O)c1cccc(NC(=O)c2ccccc2O)c1. The Morgan fingerprint density at radius 1 is 0.926 bits per heavy atom. The minimum absolute atomic E-state index is 0.0453. The van der Waals surface area contributed by atoms with Gasteiger partial charge in [0.15, 0.2) is 0 Å². The number of sulfonamides is 1. The number of nitrogens with zero attached hydrogens (tertiary/aromatic N) is 1. The van der Waals surface area contributed by atoms with E-state index < -0.39 is 15.9 Å². The van der Waals surface area contributed by atoms with Crippen molar-refractivity contribution in [1.29, 1.82) is 0 Å². The molecule has 0 atom stereocenters. The van der Waals surface area contributed by atoms with Crippen LogP contribution in [-0.2, 0) is 10.0 Å². The molecule has 3 rings (SSSR count). The molecule has 0 fully saturated rings. The van der Waals surface area contributed by atoms with Gasteiger partial charge < -0.3 is 10.4 Å². The van der Waals surface area contributed by atoms with Gasteiger partial charge in [0.1, 0.15) is 5.75 Å². The molecule has 0 saturated heterocycles. The second kappa shape index (κ2) is 7.51. The maximum atomic E-state index is 12.9. The zero-order chi connectivity index (χ0) is 19.4. The number of phenolic OH excluding ortho intramolecular Hbond substituents is 1. The van der Waals surface area contributed by atoms with E-state index in [4.69, 9.17) is 0 Å². The average molecular weight is 382 g/mol. The van der Waals surface area contributed by atoms with Crippen LogP contribution >= 0.6 is 0 Å². The molecule has 0 heterocycles. The van der Waals surface area contributed by atoms with Crippen LogP contribution in [0.25, 0.3) is 0 Å². The summed E-state index contributed by atoms with van der Waals surface area (Å²) in [5.74, 6) is -0.679. The highest BCUT2D eigenvalue weighted by Gasteiger charge is 2.22. The quantitative estimate of drug-likeness (QED) is 0.707. The van der Waals surface area contributed by atoms with Crippen molar-refractivity contribution in [3.05, 3.63) is 84.4 Å². The Balaban J connectivity index is 1.87. The van der Waals surface area contributed by atoms with Crippen molar-refractivity contribution in [2.45, 2.75) is 4.90 Å². The predicted octanol–water partition coefficient (Wildman–Crippen LogP) is 3.47. The fourth-order valence-electron chi connectivity index (χ4n) is 2.53. The molecule has 3 aromatic rings. The summed E-state index contributed by atoms with van der Waals surface area (Å²) in [6, 6.07) is 20.8. The van der Waals surface area contributed by atoms with Gasteiger partial charge in [0.05, 0.1) is 16.1 Å². The molecule has 138 valence electrons. The Hall–Kier alpha value is -3.32. The van der Waals surface area contributed by atoms with E-state index in [9.17, 15) is 18.3 Å². The summed E-state index contributed by atoms with van der Waals surface area (Å²) in [6.45, 7) is 0. The average Bonchev–Trinajstić information content (AvgIpc) is 2.68. The smallest absolute Gasteiger partial charge is 0.264 e. The summed E-state index contributed by atoms with van der Waals surface area (Å²) in [6.07, 6.45) is 0.